The van der Waals surface area contributed by atoms with Crippen molar-refractivity contribution in [2.45, 2.75) is 13.8 Å². The van der Waals surface area contributed by atoms with Crippen LogP contribution in [0, 0.1) is 0 Å². The van der Waals surface area contributed by atoms with Crippen LogP contribution < -0.4 is 5.43 Å². The van der Waals surface area contributed by atoms with E-state index in [4.69, 9.17) is 4.74 Å². The van der Waals surface area contributed by atoms with Gasteiger partial charge in [-0.05, 0) is 37.6 Å². The molecule has 3 rings (SSSR count). The average molecular weight is 428 g/mol. The fraction of sp³-hybridized carbons (Fsp3) is 0.150. The van der Waals surface area contributed by atoms with Gasteiger partial charge in [0.25, 0.3) is 5.91 Å². The number of halogens is 1. The number of rotatable bonds is 5. The van der Waals surface area contributed by atoms with E-state index in [0.717, 1.165) is 26.5 Å². The monoisotopic (exact) mass is 427 g/mol. The summed E-state index contributed by atoms with van der Waals surface area (Å²) in [4.78, 5) is 27.6. The van der Waals surface area contributed by atoms with Gasteiger partial charge in [-0.1, -0.05) is 46.3 Å². The van der Waals surface area contributed by atoms with Crippen molar-refractivity contribution in [2.24, 2.45) is 5.10 Å². The lowest BCUT2D eigenvalue weighted by atomic mass is 10.0. The molecule has 2 aromatic carbocycles. The van der Waals surface area contributed by atoms with Crippen molar-refractivity contribution in [3.63, 3.8) is 0 Å². The topological polar surface area (TPSA) is 83.5 Å². The quantitative estimate of drug-likeness (QED) is 0.362. The number of amides is 1. The maximum Gasteiger partial charge on any atom is 0.354 e. The number of H-pyrrole nitrogens is 1. The molecule has 0 saturated carbocycles. The van der Waals surface area contributed by atoms with Crippen molar-refractivity contribution in [2.75, 3.05) is 6.61 Å². The molecule has 0 aliphatic heterocycles. The Bertz CT molecular complexity index is 1030. The molecule has 3 aromatic rings. The van der Waals surface area contributed by atoms with Gasteiger partial charge < -0.3 is 9.72 Å². The van der Waals surface area contributed by atoms with Crippen molar-refractivity contribution in [3.05, 3.63) is 58.7 Å². The molecule has 0 aliphatic rings. The minimum Gasteiger partial charge on any atom is -0.461 e. The highest BCUT2D eigenvalue weighted by molar-refractivity contribution is 9.10. The number of hydrogen-bond donors (Lipinski definition) is 2. The van der Waals surface area contributed by atoms with Gasteiger partial charge in [-0.15, -0.1) is 0 Å². The fourth-order valence-electron chi connectivity index (χ4n) is 2.71. The number of carbonyl (C=O) groups excluding carboxylic acids is 2. The second-order valence-corrected chi connectivity index (χ2v) is 6.71. The molecule has 2 N–H and O–H groups in total. The normalized spacial score (nSPS) is 11.4. The van der Waals surface area contributed by atoms with E-state index in [0.29, 0.717) is 5.69 Å². The lowest BCUT2D eigenvalue weighted by Gasteiger charge is -2.05. The number of nitrogens with one attached hydrogen (secondary N) is 2. The van der Waals surface area contributed by atoms with Crippen LogP contribution in [0.1, 0.15) is 24.3 Å². The van der Waals surface area contributed by atoms with Crippen LogP contribution in [0.3, 0.4) is 0 Å². The number of aromatic nitrogens is 1. The largest absolute Gasteiger partial charge is 0.461 e. The Balaban J connectivity index is 2.02. The number of nitrogens with zero attached hydrogens (tertiary/aromatic N) is 1. The predicted octanol–water partition coefficient (Wildman–Crippen LogP) is 4.27. The first-order valence-electron chi connectivity index (χ1n) is 8.39. The number of fused-ring (bicyclic) bond motifs is 1. The van der Waals surface area contributed by atoms with Gasteiger partial charge in [0, 0.05) is 20.9 Å². The third-order valence-electron chi connectivity index (χ3n) is 3.95. The Morgan fingerprint density at radius 1 is 1.19 bits per heavy atom. The number of ether oxygens (including phenoxy) is 1. The summed E-state index contributed by atoms with van der Waals surface area (Å²) in [5.41, 5.74) is 5.37. The van der Waals surface area contributed by atoms with E-state index in [2.05, 4.69) is 31.4 Å². The first-order valence-corrected chi connectivity index (χ1v) is 9.19. The zero-order chi connectivity index (χ0) is 19.4. The molecule has 0 atom stereocenters. The van der Waals surface area contributed by atoms with Gasteiger partial charge in [-0.2, -0.15) is 5.10 Å². The predicted molar refractivity (Wildman–Crippen MR) is 109 cm³/mol. The highest BCUT2D eigenvalue weighted by atomic mass is 79.9. The second-order valence-electron chi connectivity index (χ2n) is 5.79. The van der Waals surface area contributed by atoms with Crippen LogP contribution in [0.2, 0.25) is 0 Å². The van der Waals surface area contributed by atoms with Crippen LogP contribution in [0.4, 0.5) is 0 Å². The molecule has 0 bridgehead atoms. The molecule has 0 unspecified atom stereocenters. The molecule has 1 amide bonds. The van der Waals surface area contributed by atoms with Gasteiger partial charge in [0.2, 0.25) is 0 Å². The van der Waals surface area contributed by atoms with Crippen molar-refractivity contribution >= 4 is 44.4 Å². The van der Waals surface area contributed by atoms with E-state index in [-0.39, 0.29) is 12.3 Å². The Morgan fingerprint density at radius 2 is 1.93 bits per heavy atom. The average Bonchev–Trinajstić information content (AvgIpc) is 3.05. The van der Waals surface area contributed by atoms with E-state index >= 15 is 0 Å². The minimum atomic E-state index is -0.568. The van der Waals surface area contributed by atoms with Gasteiger partial charge in [0.05, 0.1) is 6.61 Å². The first kappa shape index (κ1) is 18.8. The molecule has 6 nitrogen and oxygen atoms in total. The number of carbonyl (C=O) groups is 2. The van der Waals surface area contributed by atoms with Crippen LogP contribution in [-0.4, -0.2) is 29.2 Å². The molecule has 0 saturated heterocycles. The van der Waals surface area contributed by atoms with Gasteiger partial charge in [0.15, 0.2) is 0 Å². The van der Waals surface area contributed by atoms with Crippen LogP contribution in [0.15, 0.2) is 58.1 Å². The lowest BCUT2D eigenvalue weighted by molar-refractivity contribution is -0.135. The summed E-state index contributed by atoms with van der Waals surface area (Å²) >= 11 is 3.48. The summed E-state index contributed by atoms with van der Waals surface area (Å²) in [6.45, 7) is 3.44. The summed E-state index contributed by atoms with van der Waals surface area (Å²) in [5, 5.41) is 4.76. The van der Waals surface area contributed by atoms with Gasteiger partial charge in [-0.3, -0.25) is 4.79 Å². The standard InChI is InChI=1S/C20H18BrN3O3/c1-3-27-20(26)12(2)23-24-19(25)18-17(13-7-5-4-6-8-13)15-11-14(21)9-10-16(15)22-18/h4-11,22H,3H2,1-2H3,(H,24,25)/b23-12+. The van der Waals surface area contributed by atoms with Gasteiger partial charge in [-0.25, -0.2) is 10.2 Å². The molecule has 27 heavy (non-hydrogen) atoms. The van der Waals surface area contributed by atoms with E-state index in [1.54, 1.807) is 6.92 Å². The number of hydrazone groups is 1. The molecule has 0 fully saturated rings. The molecule has 1 heterocycles. The maximum atomic E-state index is 12.8. The van der Waals surface area contributed by atoms with Crippen molar-refractivity contribution in [3.8, 4) is 11.1 Å². The zero-order valence-electron chi connectivity index (χ0n) is 14.9. The maximum absolute atomic E-state index is 12.8. The van der Waals surface area contributed by atoms with E-state index in [1.807, 2.05) is 48.5 Å². The van der Waals surface area contributed by atoms with Gasteiger partial charge in [0.1, 0.15) is 11.4 Å². The van der Waals surface area contributed by atoms with E-state index < -0.39 is 11.9 Å². The second kappa shape index (κ2) is 8.18. The van der Waals surface area contributed by atoms with Crippen molar-refractivity contribution < 1.29 is 14.3 Å². The summed E-state index contributed by atoms with van der Waals surface area (Å²) < 4.78 is 5.77. The fourth-order valence-corrected chi connectivity index (χ4v) is 3.07. The molecule has 0 aliphatic carbocycles. The molecule has 0 spiro atoms. The molecule has 138 valence electrons. The molecule has 1 aromatic heterocycles. The SMILES string of the molecule is CCOC(=O)/C(C)=N/NC(=O)c1[nH]c2ccc(Br)cc2c1-c1ccccc1. The van der Waals surface area contributed by atoms with Gasteiger partial charge >= 0.3 is 5.97 Å². The Hall–Kier alpha value is -2.93. The summed E-state index contributed by atoms with van der Waals surface area (Å²) in [6.07, 6.45) is 0. The molecular weight excluding hydrogens is 410 g/mol. The van der Waals surface area contributed by atoms with Crippen molar-refractivity contribution in [1.29, 1.82) is 0 Å². The minimum absolute atomic E-state index is 0.0744. The van der Waals surface area contributed by atoms with E-state index in [9.17, 15) is 9.59 Å². The number of aromatic amines is 1. The Kier molecular flexibility index (Phi) is 5.71. The van der Waals surface area contributed by atoms with Crippen LogP contribution >= 0.6 is 15.9 Å². The Labute approximate surface area is 164 Å². The smallest absolute Gasteiger partial charge is 0.354 e. The lowest BCUT2D eigenvalue weighted by Crippen LogP contribution is -2.23. The summed E-state index contributed by atoms with van der Waals surface area (Å²) in [7, 11) is 0. The molecule has 0 radical (unpaired) electrons. The number of benzene rings is 2. The number of esters is 1. The highest BCUT2D eigenvalue weighted by Crippen LogP contribution is 2.34. The first-order chi connectivity index (χ1) is 13.0. The zero-order valence-corrected chi connectivity index (χ0v) is 16.5. The number of hydrogen-bond acceptors (Lipinski definition) is 4. The van der Waals surface area contributed by atoms with Crippen molar-refractivity contribution in [1.82, 2.24) is 10.4 Å². The molecule has 7 heteroatoms. The summed E-state index contributed by atoms with van der Waals surface area (Å²) in [5.74, 6) is -1.01. The van der Waals surface area contributed by atoms with Crippen LogP contribution in [-0.2, 0) is 9.53 Å². The highest BCUT2D eigenvalue weighted by Gasteiger charge is 2.19. The van der Waals surface area contributed by atoms with E-state index in [1.165, 1.54) is 6.92 Å². The Morgan fingerprint density at radius 3 is 2.63 bits per heavy atom. The third kappa shape index (κ3) is 4.09. The van der Waals surface area contributed by atoms with Crippen LogP contribution in [0.5, 0.6) is 0 Å². The third-order valence-corrected chi connectivity index (χ3v) is 4.44. The van der Waals surface area contributed by atoms with Crippen LogP contribution in [0.25, 0.3) is 22.0 Å². The summed E-state index contributed by atoms with van der Waals surface area (Å²) in [6, 6.07) is 15.4. The molecular formula is C20H18BrN3O3.